The Morgan fingerprint density at radius 1 is 1.13 bits per heavy atom. The largest absolute Gasteiger partial charge is 0.385 e. The number of methoxy groups -OCH3 is 1. The zero-order valence-corrected chi connectivity index (χ0v) is 18.7. The molecule has 1 fully saturated rings. The lowest BCUT2D eigenvalue weighted by molar-refractivity contribution is 0.119. The zero-order valence-electron chi connectivity index (χ0n) is 18.7. The van der Waals surface area contributed by atoms with Crippen molar-refractivity contribution in [2.75, 3.05) is 45.7 Å². The minimum absolute atomic E-state index is 0.483. The summed E-state index contributed by atoms with van der Waals surface area (Å²) in [6.07, 6.45) is 2.23. The summed E-state index contributed by atoms with van der Waals surface area (Å²) < 4.78 is 5.28. The second-order valence-corrected chi connectivity index (χ2v) is 8.75. The molecule has 5 nitrogen and oxygen atoms in total. The number of nitrogens with zero attached hydrogens (tertiary/aromatic N) is 3. The van der Waals surface area contributed by atoms with Gasteiger partial charge in [-0.2, -0.15) is 0 Å². The smallest absolute Gasteiger partial charge is 0.138 e. The van der Waals surface area contributed by atoms with E-state index in [2.05, 4.69) is 78.5 Å². The van der Waals surface area contributed by atoms with Crippen LogP contribution in [0.25, 0.3) is 0 Å². The van der Waals surface area contributed by atoms with Gasteiger partial charge in [0.15, 0.2) is 0 Å². The molecule has 2 aromatic carbocycles. The van der Waals surface area contributed by atoms with E-state index in [9.17, 15) is 0 Å². The molecule has 0 bridgehead atoms. The van der Waals surface area contributed by atoms with Crippen molar-refractivity contribution in [3.63, 3.8) is 0 Å². The lowest BCUT2D eigenvalue weighted by Gasteiger charge is -2.41. The Bertz CT molecular complexity index is 908. The van der Waals surface area contributed by atoms with Gasteiger partial charge < -0.3 is 15.0 Å². The Labute approximate surface area is 180 Å². The molecule has 5 heteroatoms. The van der Waals surface area contributed by atoms with Crippen molar-refractivity contribution < 1.29 is 4.74 Å². The van der Waals surface area contributed by atoms with Crippen LogP contribution in [-0.4, -0.2) is 62.1 Å². The van der Waals surface area contributed by atoms with Gasteiger partial charge in [0, 0.05) is 50.6 Å². The Balaban J connectivity index is 1.71. The van der Waals surface area contributed by atoms with Crippen LogP contribution in [0, 0.1) is 0 Å². The number of piperazine rings is 1. The normalized spacial score (nSPS) is 19.0. The van der Waals surface area contributed by atoms with E-state index < -0.39 is 0 Å². The molecule has 30 heavy (non-hydrogen) atoms. The molecular formula is C25H34N4O. The van der Waals surface area contributed by atoms with Gasteiger partial charge >= 0.3 is 0 Å². The highest BCUT2D eigenvalue weighted by Gasteiger charge is 2.29. The number of anilines is 2. The van der Waals surface area contributed by atoms with Crippen molar-refractivity contribution in [3.8, 4) is 0 Å². The second-order valence-electron chi connectivity index (χ2n) is 8.75. The van der Waals surface area contributed by atoms with Gasteiger partial charge in [-0.15, -0.1) is 0 Å². The molecule has 160 valence electrons. The highest BCUT2D eigenvalue weighted by atomic mass is 16.5. The number of benzene rings is 2. The van der Waals surface area contributed by atoms with Crippen molar-refractivity contribution in [3.05, 3.63) is 53.6 Å². The van der Waals surface area contributed by atoms with E-state index in [0.717, 1.165) is 62.0 Å². The van der Waals surface area contributed by atoms with Crippen LogP contribution in [0.5, 0.6) is 0 Å². The van der Waals surface area contributed by atoms with Gasteiger partial charge in [-0.05, 0) is 55.6 Å². The number of likely N-dealkylation sites (N-methyl/N-ethyl adjacent to an activating group) is 1. The van der Waals surface area contributed by atoms with Gasteiger partial charge in [-0.1, -0.05) is 32.0 Å². The number of rotatable bonds is 5. The van der Waals surface area contributed by atoms with Gasteiger partial charge in [0.05, 0.1) is 11.4 Å². The summed E-state index contributed by atoms with van der Waals surface area (Å²) in [5, 5.41) is 3.63. The zero-order chi connectivity index (χ0) is 21.1. The summed E-state index contributed by atoms with van der Waals surface area (Å²) in [5.74, 6) is 1.58. The van der Waals surface area contributed by atoms with Crippen LogP contribution in [0.2, 0.25) is 0 Å². The number of amidine groups is 1. The van der Waals surface area contributed by atoms with Crippen molar-refractivity contribution in [2.24, 2.45) is 4.99 Å². The molecule has 2 aromatic rings. The molecule has 1 N–H and O–H groups in total. The number of aliphatic imine (C=N–C) groups is 1. The molecule has 2 heterocycles. The van der Waals surface area contributed by atoms with Crippen molar-refractivity contribution in [1.82, 2.24) is 9.80 Å². The maximum atomic E-state index is 5.28. The molecule has 2 aliphatic rings. The number of nitrogens with one attached hydrogen (secondary N) is 1. The first-order valence-electron chi connectivity index (χ1n) is 11.1. The van der Waals surface area contributed by atoms with E-state index in [1.54, 1.807) is 7.11 Å². The molecule has 1 saturated heterocycles. The van der Waals surface area contributed by atoms with Crippen LogP contribution in [0.15, 0.2) is 47.5 Å². The summed E-state index contributed by atoms with van der Waals surface area (Å²) in [7, 11) is 4.02. The van der Waals surface area contributed by atoms with E-state index in [4.69, 9.17) is 9.73 Å². The first kappa shape index (κ1) is 20.9. The topological polar surface area (TPSA) is 40.1 Å². The van der Waals surface area contributed by atoms with Crippen LogP contribution in [0.1, 0.15) is 43.7 Å². The number of fused-ring (bicyclic) bond motifs is 2. The van der Waals surface area contributed by atoms with Crippen LogP contribution < -0.4 is 5.32 Å². The van der Waals surface area contributed by atoms with Crippen LogP contribution in [0.3, 0.4) is 0 Å². The maximum absolute atomic E-state index is 5.28. The lowest BCUT2D eigenvalue weighted by Crippen LogP contribution is -2.53. The van der Waals surface area contributed by atoms with E-state index in [1.165, 1.54) is 11.1 Å². The third-order valence-electron chi connectivity index (χ3n) is 6.31. The standard InChI is InChI=1S/C25H34N4O/c1-18(2)19-11-12-22-21(16-19)25(27-24-10-6-5-9-23(24)26-22)29-14-13-28(3)20(17-29)8-7-15-30-4/h5-6,9-12,16,18,20,26H,7-8,13-15,17H2,1-4H3. The highest BCUT2D eigenvalue weighted by molar-refractivity contribution is 6.08. The summed E-state index contributed by atoms with van der Waals surface area (Å²) in [6.45, 7) is 8.35. The Morgan fingerprint density at radius 2 is 1.97 bits per heavy atom. The van der Waals surface area contributed by atoms with E-state index in [1.807, 2.05) is 0 Å². The maximum Gasteiger partial charge on any atom is 0.138 e. The van der Waals surface area contributed by atoms with Crippen molar-refractivity contribution in [1.29, 1.82) is 0 Å². The molecule has 1 unspecified atom stereocenters. The number of hydrogen-bond donors (Lipinski definition) is 1. The molecule has 0 radical (unpaired) electrons. The molecular weight excluding hydrogens is 372 g/mol. The quantitative estimate of drug-likeness (QED) is 0.711. The highest BCUT2D eigenvalue weighted by Crippen LogP contribution is 2.36. The summed E-state index contributed by atoms with van der Waals surface area (Å²) in [6, 6.07) is 15.6. The fourth-order valence-corrected chi connectivity index (χ4v) is 4.37. The SMILES string of the molecule is COCCCC1CN(C2=Nc3ccccc3Nc3ccc(C(C)C)cc32)CCN1C. The predicted molar refractivity (Wildman–Crippen MR) is 126 cm³/mol. The van der Waals surface area contributed by atoms with Crippen molar-refractivity contribution in [2.45, 2.75) is 38.6 Å². The van der Waals surface area contributed by atoms with Crippen LogP contribution >= 0.6 is 0 Å². The Hall–Kier alpha value is -2.37. The summed E-state index contributed by atoms with van der Waals surface area (Å²) in [4.78, 5) is 10.2. The number of ether oxygens (including phenoxy) is 1. The Morgan fingerprint density at radius 3 is 2.77 bits per heavy atom. The molecule has 0 saturated carbocycles. The van der Waals surface area contributed by atoms with Crippen molar-refractivity contribution >= 4 is 22.9 Å². The molecule has 0 spiro atoms. The van der Waals surface area contributed by atoms with Gasteiger partial charge in [0.1, 0.15) is 5.84 Å². The van der Waals surface area contributed by atoms with E-state index in [-0.39, 0.29) is 0 Å². The van der Waals surface area contributed by atoms with E-state index in [0.29, 0.717) is 12.0 Å². The predicted octanol–water partition coefficient (Wildman–Crippen LogP) is 4.99. The number of para-hydroxylation sites is 2. The van der Waals surface area contributed by atoms with Crippen LogP contribution in [0.4, 0.5) is 17.1 Å². The minimum atomic E-state index is 0.483. The average molecular weight is 407 g/mol. The molecule has 2 aliphatic heterocycles. The molecule has 1 atom stereocenters. The lowest BCUT2D eigenvalue weighted by atomic mass is 9.98. The fourth-order valence-electron chi connectivity index (χ4n) is 4.37. The first-order valence-corrected chi connectivity index (χ1v) is 11.1. The van der Waals surface area contributed by atoms with Crippen LogP contribution in [-0.2, 0) is 4.74 Å². The summed E-state index contributed by atoms with van der Waals surface area (Å²) in [5.41, 5.74) is 5.76. The number of hydrogen-bond acceptors (Lipinski definition) is 5. The summed E-state index contributed by atoms with van der Waals surface area (Å²) >= 11 is 0. The molecule has 4 rings (SSSR count). The van der Waals surface area contributed by atoms with E-state index >= 15 is 0 Å². The minimum Gasteiger partial charge on any atom is -0.385 e. The third-order valence-corrected chi connectivity index (χ3v) is 6.31. The van der Waals surface area contributed by atoms with Gasteiger partial charge in [0.25, 0.3) is 0 Å². The van der Waals surface area contributed by atoms with Gasteiger partial charge in [-0.25, -0.2) is 4.99 Å². The third kappa shape index (κ3) is 4.37. The molecule has 0 aromatic heterocycles. The van der Waals surface area contributed by atoms with Gasteiger partial charge in [-0.3, -0.25) is 4.90 Å². The molecule has 0 amide bonds. The second kappa shape index (κ2) is 9.19. The monoisotopic (exact) mass is 406 g/mol. The first-order chi connectivity index (χ1) is 14.6. The van der Waals surface area contributed by atoms with Gasteiger partial charge in [0.2, 0.25) is 0 Å². The fraction of sp³-hybridized carbons (Fsp3) is 0.480. The average Bonchev–Trinajstić information content (AvgIpc) is 2.91. The molecule has 0 aliphatic carbocycles. The Kier molecular flexibility index (Phi) is 6.40.